The van der Waals surface area contributed by atoms with Crippen molar-refractivity contribution in [2.24, 2.45) is 5.73 Å². The van der Waals surface area contributed by atoms with Crippen molar-refractivity contribution in [1.82, 2.24) is 4.98 Å². The molecular weight excluding hydrogens is 232 g/mol. The van der Waals surface area contributed by atoms with E-state index in [1.165, 1.54) is 0 Å². The molecule has 0 unspecified atom stereocenters. The molecule has 0 fully saturated rings. The number of hydrogen-bond acceptors (Lipinski definition) is 2. The van der Waals surface area contributed by atoms with Crippen LogP contribution in [0.25, 0.3) is 11.1 Å². The lowest BCUT2D eigenvalue weighted by molar-refractivity contribution is 1.07. The normalized spacial score (nSPS) is 9.18. The topological polar surface area (TPSA) is 38.9 Å². The number of nitrogens with two attached hydrogens (primary N) is 1. The number of benzene rings is 1. The van der Waals surface area contributed by atoms with E-state index in [9.17, 15) is 0 Å². The summed E-state index contributed by atoms with van der Waals surface area (Å²) in [7, 11) is 0. The number of hydrogen-bond donors (Lipinski definition) is 1. The maximum Gasteiger partial charge on any atom is 0.129 e. The first-order valence-electron chi connectivity index (χ1n) is 5.04. The Balaban J connectivity index is 0.000000686. The van der Waals surface area contributed by atoms with Crippen LogP contribution in [0, 0.1) is 12.8 Å². The highest BCUT2D eigenvalue weighted by Gasteiger charge is 1.98. The van der Waals surface area contributed by atoms with Gasteiger partial charge in [-0.05, 0) is 29.3 Å². The van der Waals surface area contributed by atoms with Gasteiger partial charge in [-0.25, -0.2) is 4.98 Å². The molecule has 0 spiro atoms. The van der Waals surface area contributed by atoms with E-state index in [1.807, 2.05) is 24.3 Å². The molecule has 3 heteroatoms. The monoisotopic (exact) mass is 244 g/mol. The molecule has 0 atom stereocenters. The highest BCUT2D eigenvalue weighted by atomic mass is 35.5. The van der Waals surface area contributed by atoms with Crippen molar-refractivity contribution in [2.45, 2.75) is 6.54 Å². The summed E-state index contributed by atoms with van der Waals surface area (Å²) < 4.78 is 0. The number of aromatic nitrogens is 1. The summed E-state index contributed by atoms with van der Waals surface area (Å²) in [6, 6.07) is 11.8. The predicted octanol–water partition coefficient (Wildman–Crippen LogP) is 3.11. The van der Waals surface area contributed by atoms with Gasteiger partial charge in [-0.2, -0.15) is 0 Å². The zero-order valence-corrected chi connectivity index (χ0v) is 10.1. The molecule has 1 aromatic carbocycles. The largest absolute Gasteiger partial charge is 0.326 e. The van der Waals surface area contributed by atoms with Gasteiger partial charge < -0.3 is 5.73 Å². The highest BCUT2D eigenvalue weighted by Crippen LogP contribution is 2.20. The Labute approximate surface area is 106 Å². The van der Waals surface area contributed by atoms with Gasteiger partial charge in [0, 0.05) is 18.3 Å². The van der Waals surface area contributed by atoms with Crippen LogP contribution in [0.15, 0.2) is 42.6 Å². The number of halogens is 1. The summed E-state index contributed by atoms with van der Waals surface area (Å²) >= 11 is 5.73. The first-order chi connectivity index (χ1) is 8.29. The molecule has 86 valence electrons. The molecule has 0 saturated heterocycles. The van der Waals surface area contributed by atoms with Gasteiger partial charge in [0.25, 0.3) is 0 Å². The second kappa shape index (κ2) is 6.70. The van der Waals surface area contributed by atoms with Gasteiger partial charge in [-0.3, -0.25) is 0 Å². The number of pyridine rings is 1. The second-order valence-corrected chi connectivity index (χ2v) is 3.66. The van der Waals surface area contributed by atoms with Crippen LogP contribution in [0.3, 0.4) is 0 Å². The van der Waals surface area contributed by atoms with Crippen molar-refractivity contribution in [3.63, 3.8) is 0 Å². The van der Waals surface area contributed by atoms with Gasteiger partial charge in [0.2, 0.25) is 0 Å². The standard InChI is InChI=1S/C12H11ClN2.C2H2/c13-12-5-4-11(8-15-12)10-3-1-2-9(6-10)7-14;1-2/h1-6,8H,7,14H2;1-2H. The van der Waals surface area contributed by atoms with E-state index in [-0.39, 0.29) is 0 Å². The molecule has 2 nitrogen and oxygen atoms in total. The fourth-order valence-corrected chi connectivity index (χ4v) is 1.54. The van der Waals surface area contributed by atoms with Gasteiger partial charge in [0.15, 0.2) is 0 Å². The molecule has 2 N–H and O–H groups in total. The fraction of sp³-hybridized carbons (Fsp3) is 0.0714. The molecule has 0 aliphatic carbocycles. The Hall–Kier alpha value is -1.82. The molecular formula is C14H13ClN2. The van der Waals surface area contributed by atoms with Crippen LogP contribution in [0.2, 0.25) is 5.15 Å². The molecule has 0 saturated carbocycles. The minimum atomic E-state index is 0.508. The first-order valence-corrected chi connectivity index (χ1v) is 5.41. The van der Waals surface area contributed by atoms with Gasteiger partial charge in [0.1, 0.15) is 5.15 Å². The Morgan fingerprint density at radius 1 is 1.12 bits per heavy atom. The van der Waals surface area contributed by atoms with Crippen LogP contribution in [-0.2, 0) is 6.54 Å². The minimum absolute atomic E-state index is 0.508. The maximum absolute atomic E-state index is 5.73. The Morgan fingerprint density at radius 3 is 2.47 bits per heavy atom. The van der Waals surface area contributed by atoms with E-state index in [4.69, 9.17) is 17.3 Å². The lowest BCUT2D eigenvalue weighted by Crippen LogP contribution is -1.95. The average Bonchev–Trinajstić information content (AvgIpc) is 2.42. The van der Waals surface area contributed by atoms with Crippen LogP contribution in [0.4, 0.5) is 0 Å². The van der Waals surface area contributed by atoms with Crippen LogP contribution in [0.1, 0.15) is 5.56 Å². The smallest absolute Gasteiger partial charge is 0.129 e. The third-order valence-corrected chi connectivity index (χ3v) is 2.45. The molecule has 17 heavy (non-hydrogen) atoms. The van der Waals surface area contributed by atoms with Crippen LogP contribution >= 0.6 is 11.6 Å². The molecule has 1 heterocycles. The molecule has 0 amide bonds. The van der Waals surface area contributed by atoms with Crippen molar-refractivity contribution in [3.8, 4) is 24.0 Å². The molecule has 2 rings (SSSR count). The van der Waals surface area contributed by atoms with Crippen molar-refractivity contribution >= 4 is 11.6 Å². The zero-order chi connectivity index (χ0) is 12.7. The third-order valence-electron chi connectivity index (χ3n) is 2.22. The van der Waals surface area contributed by atoms with Gasteiger partial charge in [-0.1, -0.05) is 29.8 Å². The van der Waals surface area contributed by atoms with Gasteiger partial charge in [0.05, 0.1) is 0 Å². The summed E-state index contributed by atoms with van der Waals surface area (Å²) in [6.45, 7) is 0.550. The summed E-state index contributed by atoms with van der Waals surface area (Å²) in [5.74, 6) is 0. The summed E-state index contributed by atoms with van der Waals surface area (Å²) in [4.78, 5) is 4.05. The van der Waals surface area contributed by atoms with E-state index < -0.39 is 0 Å². The Morgan fingerprint density at radius 2 is 1.88 bits per heavy atom. The fourth-order valence-electron chi connectivity index (χ4n) is 1.42. The summed E-state index contributed by atoms with van der Waals surface area (Å²) in [6.07, 6.45) is 9.76. The van der Waals surface area contributed by atoms with Crippen molar-refractivity contribution < 1.29 is 0 Å². The highest BCUT2D eigenvalue weighted by molar-refractivity contribution is 6.29. The van der Waals surface area contributed by atoms with Gasteiger partial charge >= 0.3 is 0 Å². The second-order valence-electron chi connectivity index (χ2n) is 3.27. The Kier molecular flexibility index (Phi) is 5.22. The van der Waals surface area contributed by atoms with Gasteiger partial charge in [-0.15, -0.1) is 12.8 Å². The third kappa shape index (κ3) is 3.60. The van der Waals surface area contributed by atoms with Crippen LogP contribution in [-0.4, -0.2) is 4.98 Å². The van der Waals surface area contributed by atoms with Crippen molar-refractivity contribution in [2.75, 3.05) is 0 Å². The quantitative estimate of drug-likeness (QED) is 0.651. The molecule has 0 aliphatic rings. The molecule has 0 bridgehead atoms. The summed E-state index contributed by atoms with van der Waals surface area (Å²) in [5.41, 5.74) is 8.86. The molecule has 2 aromatic rings. The zero-order valence-electron chi connectivity index (χ0n) is 9.31. The van der Waals surface area contributed by atoms with E-state index in [1.54, 1.807) is 12.3 Å². The predicted molar refractivity (Wildman–Crippen MR) is 72.5 cm³/mol. The van der Waals surface area contributed by atoms with Crippen molar-refractivity contribution in [1.29, 1.82) is 0 Å². The molecule has 0 aliphatic heterocycles. The van der Waals surface area contributed by atoms with Crippen LogP contribution < -0.4 is 5.73 Å². The lowest BCUT2D eigenvalue weighted by Gasteiger charge is -2.03. The number of nitrogens with zero attached hydrogens (tertiary/aromatic N) is 1. The SMILES string of the molecule is C#C.NCc1cccc(-c2ccc(Cl)nc2)c1. The Bertz CT molecular complexity index is 489. The maximum atomic E-state index is 5.73. The van der Waals surface area contributed by atoms with E-state index in [2.05, 4.69) is 23.9 Å². The molecule has 1 aromatic heterocycles. The average molecular weight is 245 g/mol. The van der Waals surface area contributed by atoms with E-state index in [0.29, 0.717) is 11.7 Å². The van der Waals surface area contributed by atoms with E-state index >= 15 is 0 Å². The minimum Gasteiger partial charge on any atom is -0.326 e. The van der Waals surface area contributed by atoms with Crippen molar-refractivity contribution in [3.05, 3.63) is 53.3 Å². The lowest BCUT2D eigenvalue weighted by atomic mass is 10.1. The van der Waals surface area contributed by atoms with Crippen LogP contribution in [0.5, 0.6) is 0 Å². The number of rotatable bonds is 2. The number of terminal acetylenes is 1. The summed E-state index contributed by atoms with van der Waals surface area (Å²) in [5, 5.41) is 0.508. The first kappa shape index (κ1) is 13.2. The van der Waals surface area contributed by atoms with E-state index in [0.717, 1.165) is 16.7 Å². The molecule has 0 radical (unpaired) electrons.